The average molecular weight is 453 g/mol. The summed E-state index contributed by atoms with van der Waals surface area (Å²) in [6, 6.07) is 19.8. The first-order chi connectivity index (χ1) is 15.2. The van der Waals surface area contributed by atoms with E-state index in [1.54, 1.807) is 48.5 Å². The summed E-state index contributed by atoms with van der Waals surface area (Å²) in [6.07, 6.45) is 0. The molecule has 166 valence electrons. The zero-order valence-electron chi connectivity index (χ0n) is 17.8. The Hall–Kier alpha value is -3.65. The van der Waals surface area contributed by atoms with E-state index in [0.717, 1.165) is 11.1 Å². The number of hydrogen-bond donors (Lipinski definition) is 2. The molecule has 0 aliphatic carbocycles. The first-order valence-electron chi connectivity index (χ1n) is 9.90. The van der Waals surface area contributed by atoms with Crippen molar-refractivity contribution in [1.82, 2.24) is 10.9 Å². The number of hydrogen-bond acceptors (Lipinski definition) is 5. The van der Waals surface area contributed by atoms with Crippen LogP contribution < -0.4 is 15.6 Å². The van der Waals surface area contributed by atoms with Gasteiger partial charge < -0.3 is 4.74 Å². The van der Waals surface area contributed by atoms with Crippen LogP contribution in [-0.2, 0) is 20.4 Å². The van der Waals surface area contributed by atoms with E-state index in [4.69, 9.17) is 4.74 Å². The van der Waals surface area contributed by atoms with Gasteiger partial charge in [0.05, 0.1) is 10.6 Å². The van der Waals surface area contributed by atoms with Gasteiger partial charge in [-0.1, -0.05) is 36.4 Å². The molecule has 0 heterocycles. The number of sulfone groups is 1. The number of rotatable bonds is 7. The third-order valence-electron chi connectivity index (χ3n) is 4.84. The molecule has 0 saturated carbocycles. The maximum atomic E-state index is 12.5. The van der Waals surface area contributed by atoms with Crippen molar-refractivity contribution < 1.29 is 22.7 Å². The predicted octanol–water partition coefficient (Wildman–Crippen LogP) is 3.12. The lowest BCUT2D eigenvalue weighted by Crippen LogP contribution is -2.43. The molecule has 0 unspecified atom stereocenters. The normalized spacial score (nSPS) is 10.9. The van der Waals surface area contributed by atoms with Gasteiger partial charge in [-0.2, -0.15) is 0 Å². The van der Waals surface area contributed by atoms with Crippen molar-refractivity contribution in [3.8, 4) is 5.75 Å². The largest absolute Gasteiger partial charge is 0.484 e. The lowest BCUT2D eigenvalue weighted by atomic mass is 10.1. The minimum absolute atomic E-state index is 0.175. The van der Waals surface area contributed by atoms with Gasteiger partial charge in [0.2, 0.25) is 0 Å². The Morgan fingerprint density at radius 2 is 1.53 bits per heavy atom. The standard InChI is InChI=1S/C24H24N2O5S/c1-17-8-13-21(14-18(17)2)31-15-23(27)25-26-24(28)20-11-9-19(10-12-20)16-32(29,30)22-6-4-3-5-7-22/h3-14H,15-16H2,1-2H3,(H,25,27)(H,26,28). The number of nitrogens with one attached hydrogen (secondary N) is 2. The number of carbonyl (C=O) groups is 2. The van der Waals surface area contributed by atoms with Crippen LogP contribution in [0.4, 0.5) is 0 Å². The average Bonchev–Trinajstić information content (AvgIpc) is 2.79. The SMILES string of the molecule is Cc1ccc(OCC(=O)NNC(=O)c2ccc(CS(=O)(=O)c3ccccc3)cc2)cc1C. The molecule has 3 rings (SSSR count). The smallest absolute Gasteiger partial charge is 0.276 e. The number of aryl methyl sites for hydroxylation is 2. The van der Waals surface area contributed by atoms with Gasteiger partial charge in [0.25, 0.3) is 11.8 Å². The van der Waals surface area contributed by atoms with E-state index in [9.17, 15) is 18.0 Å². The number of hydrazine groups is 1. The van der Waals surface area contributed by atoms with Crippen LogP contribution in [0.1, 0.15) is 27.0 Å². The van der Waals surface area contributed by atoms with Gasteiger partial charge in [0, 0.05) is 5.56 Å². The molecule has 0 aliphatic heterocycles. The molecule has 7 nitrogen and oxygen atoms in total. The lowest BCUT2D eigenvalue weighted by Gasteiger charge is -2.10. The molecule has 0 aliphatic rings. The highest BCUT2D eigenvalue weighted by molar-refractivity contribution is 7.90. The highest BCUT2D eigenvalue weighted by Crippen LogP contribution is 2.17. The van der Waals surface area contributed by atoms with Crippen molar-refractivity contribution in [2.45, 2.75) is 24.5 Å². The van der Waals surface area contributed by atoms with Gasteiger partial charge in [-0.05, 0) is 66.9 Å². The third-order valence-corrected chi connectivity index (χ3v) is 6.54. The van der Waals surface area contributed by atoms with Crippen molar-refractivity contribution in [1.29, 1.82) is 0 Å². The summed E-state index contributed by atoms with van der Waals surface area (Å²) < 4.78 is 30.3. The van der Waals surface area contributed by atoms with Crippen LogP contribution in [-0.4, -0.2) is 26.8 Å². The molecule has 0 aromatic heterocycles. The fourth-order valence-corrected chi connectivity index (χ4v) is 4.24. The number of ether oxygens (including phenoxy) is 1. The van der Waals surface area contributed by atoms with Gasteiger partial charge in [-0.15, -0.1) is 0 Å². The Kier molecular flexibility index (Phi) is 7.27. The second-order valence-corrected chi connectivity index (χ2v) is 9.30. The fourth-order valence-electron chi connectivity index (χ4n) is 2.87. The van der Waals surface area contributed by atoms with Crippen LogP contribution in [0.3, 0.4) is 0 Å². The molecule has 0 spiro atoms. The number of benzene rings is 3. The molecule has 2 N–H and O–H groups in total. The molecular weight excluding hydrogens is 428 g/mol. The molecule has 3 aromatic rings. The summed E-state index contributed by atoms with van der Waals surface area (Å²) in [5, 5.41) is 0. The van der Waals surface area contributed by atoms with Gasteiger partial charge >= 0.3 is 0 Å². The summed E-state index contributed by atoms with van der Waals surface area (Å²) >= 11 is 0. The highest BCUT2D eigenvalue weighted by Gasteiger charge is 2.15. The topological polar surface area (TPSA) is 102 Å². The minimum atomic E-state index is -3.47. The molecule has 0 bridgehead atoms. The number of amides is 2. The Bertz CT molecular complexity index is 1210. The molecule has 0 atom stereocenters. The van der Waals surface area contributed by atoms with Crippen LogP contribution in [0.5, 0.6) is 5.75 Å². The van der Waals surface area contributed by atoms with Crippen LogP contribution in [0.15, 0.2) is 77.7 Å². The van der Waals surface area contributed by atoms with Crippen LogP contribution in [0, 0.1) is 13.8 Å². The van der Waals surface area contributed by atoms with Gasteiger partial charge in [0.1, 0.15) is 5.75 Å². The van der Waals surface area contributed by atoms with Crippen molar-refractivity contribution in [3.05, 3.63) is 95.1 Å². The van der Waals surface area contributed by atoms with Gasteiger partial charge in [-0.3, -0.25) is 20.4 Å². The second-order valence-electron chi connectivity index (χ2n) is 7.31. The zero-order valence-corrected chi connectivity index (χ0v) is 18.6. The molecule has 32 heavy (non-hydrogen) atoms. The van der Waals surface area contributed by atoms with Crippen molar-refractivity contribution in [2.24, 2.45) is 0 Å². The van der Waals surface area contributed by atoms with E-state index in [2.05, 4.69) is 10.9 Å². The summed E-state index contributed by atoms with van der Waals surface area (Å²) in [5.74, 6) is -0.648. The molecule has 0 radical (unpaired) electrons. The summed E-state index contributed by atoms with van der Waals surface area (Å²) in [5.41, 5.74) is 7.61. The maximum absolute atomic E-state index is 12.5. The minimum Gasteiger partial charge on any atom is -0.484 e. The molecule has 8 heteroatoms. The zero-order chi connectivity index (χ0) is 23.1. The van der Waals surface area contributed by atoms with Crippen LogP contribution in [0.2, 0.25) is 0 Å². The molecule has 0 saturated heterocycles. The van der Waals surface area contributed by atoms with Crippen molar-refractivity contribution in [3.63, 3.8) is 0 Å². The van der Waals surface area contributed by atoms with Crippen LogP contribution >= 0.6 is 0 Å². The maximum Gasteiger partial charge on any atom is 0.276 e. The highest BCUT2D eigenvalue weighted by atomic mass is 32.2. The fraction of sp³-hybridized carbons (Fsp3) is 0.167. The van der Waals surface area contributed by atoms with Crippen molar-refractivity contribution >= 4 is 21.7 Å². The first kappa shape index (κ1) is 23.0. The number of carbonyl (C=O) groups excluding carboxylic acids is 2. The summed E-state index contributed by atoms with van der Waals surface area (Å²) in [7, 11) is -3.47. The predicted molar refractivity (Wildman–Crippen MR) is 121 cm³/mol. The molecular formula is C24H24N2O5S. The summed E-state index contributed by atoms with van der Waals surface area (Å²) in [4.78, 5) is 24.4. The molecule has 2 amide bonds. The van der Waals surface area contributed by atoms with Crippen molar-refractivity contribution in [2.75, 3.05) is 6.61 Å². The van der Waals surface area contributed by atoms with Gasteiger partial charge in [0.15, 0.2) is 16.4 Å². The first-order valence-corrected chi connectivity index (χ1v) is 11.6. The van der Waals surface area contributed by atoms with E-state index in [1.807, 2.05) is 26.0 Å². The summed E-state index contributed by atoms with van der Waals surface area (Å²) in [6.45, 7) is 3.68. The second kappa shape index (κ2) is 10.1. The van der Waals surface area contributed by atoms with E-state index in [1.165, 1.54) is 12.1 Å². The quantitative estimate of drug-likeness (QED) is 0.537. The third kappa shape index (κ3) is 6.18. The molecule has 3 aromatic carbocycles. The van der Waals surface area contributed by atoms with E-state index in [-0.39, 0.29) is 22.8 Å². The Morgan fingerprint density at radius 1 is 0.844 bits per heavy atom. The Morgan fingerprint density at radius 3 is 2.19 bits per heavy atom. The van der Waals surface area contributed by atoms with Gasteiger partial charge in [-0.25, -0.2) is 8.42 Å². The monoisotopic (exact) mass is 452 g/mol. The molecule has 0 fully saturated rings. The Labute approximate surface area is 187 Å². The van der Waals surface area contributed by atoms with E-state index < -0.39 is 21.7 Å². The van der Waals surface area contributed by atoms with E-state index in [0.29, 0.717) is 11.3 Å². The van der Waals surface area contributed by atoms with Crippen LogP contribution in [0.25, 0.3) is 0 Å². The van der Waals surface area contributed by atoms with E-state index >= 15 is 0 Å². The Balaban J connectivity index is 1.50. The lowest BCUT2D eigenvalue weighted by molar-refractivity contribution is -0.123.